The molecule has 0 aliphatic carbocycles. The molecular formula is C17H26N4S. The monoisotopic (exact) mass is 318 g/mol. The van der Waals surface area contributed by atoms with E-state index < -0.39 is 0 Å². The van der Waals surface area contributed by atoms with E-state index >= 15 is 0 Å². The molecule has 0 saturated heterocycles. The van der Waals surface area contributed by atoms with Gasteiger partial charge in [0.25, 0.3) is 0 Å². The van der Waals surface area contributed by atoms with Gasteiger partial charge in [-0.05, 0) is 45.2 Å². The number of hydrogen-bond donors (Lipinski definition) is 1. The Bertz CT molecular complexity index is 629. The van der Waals surface area contributed by atoms with Gasteiger partial charge in [-0.1, -0.05) is 6.42 Å². The van der Waals surface area contributed by atoms with E-state index in [0.717, 1.165) is 31.8 Å². The number of fused-ring (bicyclic) bond motifs is 1. The fourth-order valence-corrected chi connectivity index (χ4v) is 4.34. The summed E-state index contributed by atoms with van der Waals surface area (Å²) in [5, 5.41) is 12.4. The highest BCUT2D eigenvalue weighted by atomic mass is 32.1. The summed E-state index contributed by atoms with van der Waals surface area (Å²) < 4.78 is 2.35. The standard InChI is InChI=1S/C17H26N4S/c1-12-11-15(14(3)22-12)13(2)18-9-8-17-20-19-16-7-5-4-6-10-21(16)17/h11,13,18H,4-10H2,1-3H3/t13-/m0/s1. The van der Waals surface area contributed by atoms with Crippen molar-refractivity contribution >= 4 is 11.3 Å². The first-order valence-electron chi connectivity index (χ1n) is 8.36. The second-order valence-corrected chi connectivity index (χ2v) is 7.75. The molecular weight excluding hydrogens is 292 g/mol. The van der Waals surface area contributed by atoms with Crippen molar-refractivity contribution in [3.8, 4) is 0 Å². The largest absolute Gasteiger partial charge is 0.315 e. The van der Waals surface area contributed by atoms with Gasteiger partial charge < -0.3 is 9.88 Å². The van der Waals surface area contributed by atoms with Gasteiger partial charge in [0.2, 0.25) is 0 Å². The molecule has 0 amide bonds. The Hall–Kier alpha value is -1.20. The van der Waals surface area contributed by atoms with E-state index in [1.165, 1.54) is 40.4 Å². The van der Waals surface area contributed by atoms with Gasteiger partial charge in [-0.2, -0.15) is 0 Å². The van der Waals surface area contributed by atoms with E-state index in [1.807, 2.05) is 11.3 Å². The first-order valence-corrected chi connectivity index (χ1v) is 9.18. The van der Waals surface area contributed by atoms with E-state index in [-0.39, 0.29) is 0 Å². The van der Waals surface area contributed by atoms with Crippen LogP contribution in [0.2, 0.25) is 0 Å². The average molecular weight is 318 g/mol. The Morgan fingerprint density at radius 2 is 2.14 bits per heavy atom. The van der Waals surface area contributed by atoms with E-state index in [9.17, 15) is 0 Å². The second kappa shape index (κ2) is 6.92. The van der Waals surface area contributed by atoms with Crippen molar-refractivity contribution in [3.63, 3.8) is 0 Å². The first kappa shape index (κ1) is 15.7. The molecule has 1 aliphatic heterocycles. The molecule has 0 spiro atoms. The summed E-state index contributed by atoms with van der Waals surface area (Å²) in [6, 6.07) is 2.71. The summed E-state index contributed by atoms with van der Waals surface area (Å²) >= 11 is 1.88. The van der Waals surface area contributed by atoms with Crippen LogP contribution >= 0.6 is 11.3 Å². The average Bonchev–Trinajstić information content (AvgIpc) is 2.93. The molecule has 1 aliphatic rings. The molecule has 120 valence electrons. The topological polar surface area (TPSA) is 42.7 Å². The lowest BCUT2D eigenvalue weighted by atomic mass is 10.1. The predicted molar refractivity (Wildman–Crippen MR) is 91.5 cm³/mol. The second-order valence-electron chi connectivity index (χ2n) is 6.29. The van der Waals surface area contributed by atoms with E-state index in [2.05, 4.69) is 46.9 Å². The van der Waals surface area contributed by atoms with E-state index in [0.29, 0.717) is 6.04 Å². The molecule has 3 rings (SSSR count). The molecule has 0 bridgehead atoms. The lowest BCUT2D eigenvalue weighted by Gasteiger charge is -2.14. The highest BCUT2D eigenvalue weighted by Crippen LogP contribution is 2.26. The van der Waals surface area contributed by atoms with E-state index in [4.69, 9.17) is 0 Å². The van der Waals surface area contributed by atoms with Crippen LogP contribution in [0.4, 0.5) is 0 Å². The van der Waals surface area contributed by atoms with Crippen LogP contribution in [0.3, 0.4) is 0 Å². The van der Waals surface area contributed by atoms with Crippen LogP contribution in [0.5, 0.6) is 0 Å². The third-order valence-electron chi connectivity index (χ3n) is 4.53. The van der Waals surface area contributed by atoms with Crippen molar-refractivity contribution in [1.29, 1.82) is 0 Å². The van der Waals surface area contributed by atoms with Gasteiger partial charge in [0, 0.05) is 41.7 Å². The van der Waals surface area contributed by atoms with E-state index in [1.54, 1.807) is 0 Å². The molecule has 22 heavy (non-hydrogen) atoms. The van der Waals surface area contributed by atoms with Gasteiger partial charge in [-0.3, -0.25) is 0 Å². The zero-order valence-corrected chi connectivity index (χ0v) is 14.7. The summed E-state index contributed by atoms with van der Waals surface area (Å²) in [4.78, 5) is 2.82. The fourth-order valence-electron chi connectivity index (χ4n) is 3.32. The maximum Gasteiger partial charge on any atom is 0.134 e. The maximum absolute atomic E-state index is 4.41. The minimum atomic E-state index is 0.400. The number of aromatic nitrogens is 3. The third-order valence-corrected chi connectivity index (χ3v) is 5.51. The molecule has 0 radical (unpaired) electrons. The molecule has 5 heteroatoms. The molecule has 1 N–H and O–H groups in total. The Balaban J connectivity index is 1.57. The molecule has 3 heterocycles. The molecule has 2 aromatic heterocycles. The quantitative estimate of drug-likeness (QED) is 0.916. The van der Waals surface area contributed by atoms with Crippen molar-refractivity contribution in [3.05, 3.63) is 33.0 Å². The smallest absolute Gasteiger partial charge is 0.134 e. The Kier molecular flexibility index (Phi) is 4.93. The maximum atomic E-state index is 4.41. The number of nitrogens with one attached hydrogen (secondary N) is 1. The van der Waals surface area contributed by atoms with Crippen molar-refractivity contribution in [2.24, 2.45) is 0 Å². The van der Waals surface area contributed by atoms with Gasteiger partial charge in [0.1, 0.15) is 11.6 Å². The van der Waals surface area contributed by atoms with Crippen LogP contribution in [0.1, 0.15) is 59.2 Å². The normalized spacial score (nSPS) is 16.3. The molecule has 1 atom stereocenters. The van der Waals surface area contributed by atoms with Gasteiger partial charge in [-0.15, -0.1) is 21.5 Å². The van der Waals surface area contributed by atoms with Crippen LogP contribution in [0.25, 0.3) is 0 Å². The predicted octanol–water partition coefficient (Wildman–Crippen LogP) is 3.58. The minimum Gasteiger partial charge on any atom is -0.315 e. The van der Waals surface area contributed by atoms with Crippen LogP contribution in [0.15, 0.2) is 6.07 Å². The van der Waals surface area contributed by atoms with Crippen molar-refractivity contribution in [2.45, 2.75) is 65.5 Å². The highest BCUT2D eigenvalue weighted by molar-refractivity contribution is 7.12. The zero-order valence-electron chi connectivity index (χ0n) is 13.9. The summed E-state index contributed by atoms with van der Waals surface area (Å²) in [6.07, 6.45) is 5.87. The first-order chi connectivity index (χ1) is 10.6. The molecule has 0 unspecified atom stereocenters. The Labute approximate surface area is 137 Å². The molecule has 0 fully saturated rings. The van der Waals surface area contributed by atoms with Crippen molar-refractivity contribution in [1.82, 2.24) is 20.1 Å². The number of nitrogens with zero attached hydrogens (tertiary/aromatic N) is 3. The molecule has 2 aromatic rings. The lowest BCUT2D eigenvalue weighted by Crippen LogP contribution is -2.23. The summed E-state index contributed by atoms with van der Waals surface area (Å²) in [5.41, 5.74) is 1.43. The van der Waals surface area contributed by atoms with Crippen LogP contribution < -0.4 is 5.32 Å². The van der Waals surface area contributed by atoms with Crippen LogP contribution in [-0.2, 0) is 19.4 Å². The summed E-state index contributed by atoms with van der Waals surface area (Å²) in [7, 11) is 0. The molecule has 0 saturated carbocycles. The van der Waals surface area contributed by atoms with Crippen molar-refractivity contribution in [2.75, 3.05) is 6.54 Å². The van der Waals surface area contributed by atoms with Crippen LogP contribution in [0, 0.1) is 13.8 Å². The summed E-state index contributed by atoms with van der Waals surface area (Å²) in [6.45, 7) is 8.69. The lowest BCUT2D eigenvalue weighted by molar-refractivity contribution is 0.548. The number of hydrogen-bond acceptors (Lipinski definition) is 4. The SMILES string of the molecule is Cc1cc([C@H](C)NCCc2nnc3n2CCCCC3)c(C)s1. The van der Waals surface area contributed by atoms with Crippen molar-refractivity contribution < 1.29 is 0 Å². The third kappa shape index (κ3) is 3.41. The molecule has 0 aromatic carbocycles. The number of aryl methyl sites for hydroxylation is 3. The van der Waals surface area contributed by atoms with Gasteiger partial charge in [0.15, 0.2) is 0 Å². The van der Waals surface area contributed by atoms with Gasteiger partial charge in [-0.25, -0.2) is 0 Å². The molecule has 4 nitrogen and oxygen atoms in total. The number of thiophene rings is 1. The van der Waals surface area contributed by atoms with Gasteiger partial charge >= 0.3 is 0 Å². The Morgan fingerprint density at radius 3 is 2.91 bits per heavy atom. The van der Waals surface area contributed by atoms with Gasteiger partial charge in [0.05, 0.1) is 0 Å². The minimum absolute atomic E-state index is 0.400. The Morgan fingerprint density at radius 1 is 1.27 bits per heavy atom. The van der Waals surface area contributed by atoms with Crippen LogP contribution in [-0.4, -0.2) is 21.3 Å². The number of rotatable bonds is 5. The zero-order chi connectivity index (χ0) is 15.5. The fraction of sp³-hybridized carbons (Fsp3) is 0.647. The highest BCUT2D eigenvalue weighted by Gasteiger charge is 2.15. The summed E-state index contributed by atoms with van der Waals surface area (Å²) in [5.74, 6) is 2.33.